The molecule has 94 valence electrons. The molecule has 1 aromatic heterocycles. The molecule has 0 aliphatic carbocycles. The number of halogens is 1. The van der Waals surface area contributed by atoms with Gasteiger partial charge >= 0.3 is 0 Å². The minimum atomic E-state index is -0.525. The third kappa shape index (κ3) is 2.24. The van der Waals surface area contributed by atoms with Gasteiger partial charge in [-0.2, -0.15) is 9.67 Å². The van der Waals surface area contributed by atoms with Crippen LogP contribution in [0.25, 0.3) is 5.69 Å². The van der Waals surface area contributed by atoms with Gasteiger partial charge in [-0.15, -0.1) is 5.10 Å². The Balaban J connectivity index is 2.66. The fraction of sp³-hybridized carbons (Fsp3) is 0.111. The molecule has 0 bridgehead atoms. The lowest BCUT2D eigenvalue weighted by atomic mass is 10.3. The van der Waals surface area contributed by atoms with Gasteiger partial charge in [0.05, 0.1) is 4.92 Å². The summed E-state index contributed by atoms with van der Waals surface area (Å²) >= 11 is 7.04. The summed E-state index contributed by atoms with van der Waals surface area (Å²) in [6.45, 7) is 0. The maximum Gasteiger partial charge on any atom is 0.296 e. The zero-order valence-corrected chi connectivity index (χ0v) is 10.8. The molecule has 0 amide bonds. The molecule has 7 nitrogen and oxygen atoms in total. The molecule has 0 atom stereocenters. The number of anilines is 1. The van der Waals surface area contributed by atoms with Crippen LogP contribution < -0.4 is 5.73 Å². The predicted molar refractivity (Wildman–Crippen MR) is 69.2 cm³/mol. The lowest BCUT2D eigenvalue weighted by Crippen LogP contribution is -2.03. The molecule has 9 heteroatoms. The second-order valence-electron chi connectivity index (χ2n) is 3.26. The smallest absolute Gasteiger partial charge is 0.296 e. The van der Waals surface area contributed by atoms with Crippen molar-refractivity contribution >= 4 is 35.0 Å². The van der Waals surface area contributed by atoms with Gasteiger partial charge in [0.15, 0.2) is 5.16 Å². The number of aromatic nitrogens is 3. The Bertz CT molecular complexity index is 615. The van der Waals surface area contributed by atoms with Gasteiger partial charge in [-0.05, 0) is 18.4 Å². The van der Waals surface area contributed by atoms with Gasteiger partial charge in [0.1, 0.15) is 5.69 Å². The van der Waals surface area contributed by atoms with Gasteiger partial charge in [-0.1, -0.05) is 23.4 Å². The van der Waals surface area contributed by atoms with Gasteiger partial charge in [0.25, 0.3) is 5.69 Å². The molecule has 2 N–H and O–H groups in total. The molecule has 0 fully saturated rings. The first-order chi connectivity index (χ1) is 8.52. The number of nitro groups is 1. The number of rotatable bonds is 3. The Kier molecular flexibility index (Phi) is 3.39. The van der Waals surface area contributed by atoms with E-state index in [0.717, 1.165) is 0 Å². The molecule has 1 heterocycles. The van der Waals surface area contributed by atoms with Gasteiger partial charge in [-0.25, -0.2) is 0 Å². The number of benzene rings is 1. The summed E-state index contributed by atoms with van der Waals surface area (Å²) in [6, 6.07) is 4.32. The van der Waals surface area contributed by atoms with Crippen LogP contribution in [-0.4, -0.2) is 25.9 Å². The first-order valence-corrected chi connectivity index (χ1v) is 6.34. The maximum absolute atomic E-state index is 11.0. The van der Waals surface area contributed by atoms with Gasteiger partial charge in [-0.3, -0.25) is 10.1 Å². The van der Waals surface area contributed by atoms with Crippen LogP contribution in [-0.2, 0) is 0 Å². The summed E-state index contributed by atoms with van der Waals surface area (Å²) in [5.74, 6) is 0.0589. The zero-order chi connectivity index (χ0) is 13.3. The van der Waals surface area contributed by atoms with Crippen molar-refractivity contribution in [3.63, 3.8) is 0 Å². The molecule has 0 saturated carbocycles. The van der Waals surface area contributed by atoms with E-state index in [1.165, 1.54) is 28.6 Å². The molecule has 2 rings (SSSR count). The maximum atomic E-state index is 11.0. The number of nitrogen functional groups attached to an aromatic ring is 1. The Labute approximate surface area is 111 Å². The van der Waals surface area contributed by atoms with E-state index in [1.807, 2.05) is 0 Å². The summed E-state index contributed by atoms with van der Waals surface area (Å²) in [6.07, 6.45) is 1.78. The standard InChI is InChI=1S/C9H8ClN5O2S/c1-18-9-12-8(11)13-14(9)6-3-2-5(10)4-7(6)15(16)17/h2-4H,1H3,(H2,11,13). The van der Waals surface area contributed by atoms with Crippen molar-refractivity contribution in [3.8, 4) is 5.69 Å². The number of hydrogen-bond donors (Lipinski definition) is 1. The number of nitro benzene ring substituents is 1. The van der Waals surface area contributed by atoms with Crippen LogP contribution in [0.1, 0.15) is 0 Å². The second-order valence-corrected chi connectivity index (χ2v) is 4.47. The van der Waals surface area contributed by atoms with Crippen LogP contribution in [0.15, 0.2) is 23.4 Å². The number of hydrogen-bond acceptors (Lipinski definition) is 6. The number of nitrogens with two attached hydrogens (primary N) is 1. The SMILES string of the molecule is CSc1nc(N)nn1-c1ccc(Cl)cc1[N+](=O)[O-]. The van der Waals surface area contributed by atoms with Crippen molar-refractivity contribution < 1.29 is 4.92 Å². The van der Waals surface area contributed by atoms with E-state index in [0.29, 0.717) is 5.16 Å². The van der Waals surface area contributed by atoms with Crippen molar-refractivity contribution in [3.05, 3.63) is 33.3 Å². The highest BCUT2D eigenvalue weighted by Crippen LogP contribution is 2.29. The fourth-order valence-corrected chi connectivity index (χ4v) is 2.09. The van der Waals surface area contributed by atoms with Crippen molar-refractivity contribution in [2.24, 2.45) is 0 Å². The highest BCUT2D eigenvalue weighted by molar-refractivity contribution is 7.98. The average molecular weight is 286 g/mol. The Morgan fingerprint density at radius 1 is 1.56 bits per heavy atom. The fourth-order valence-electron chi connectivity index (χ4n) is 1.42. The summed E-state index contributed by atoms with van der Waals surface area (Å²) in [4.78, 5) is 14.4. The Hall–Kier alpha value is -1.80. The topological polar surface area (TPSA) is 99.9 Å². The van der Waals surface area contributed by atoms with E-state index in [1.54, 1.807) is 12.3 Å². The molecular formula is C9H8ClN5O2S. The predicted octanol–water partition coefficient (Wildman–Crippen LogP) is 2.13. The molecule has 0 unspecified atom stereocenters. The minimum absolute atomic E-state index is 0.0589. The molecular weight excluding hydrogens is 278 g/mol. The van der Waals surface area contributed by atoms with Crippen LogP contribution in [0.4, 0.5) is 11.6 Å². The van der Waals surface area contributed by atoms with Gasteiger partial charge in [0, 0.05) is 11.1 Å². The molecule has 0 aliphatic rings. The molecule has 0 saturated heterocycles. The normalized spacial score (nSPS) is 10.6. The number of thioether (sulfide) groups is 1. The molecule has 18 heavy (non-hydrogen) atoms. The Morgan fingerprint density at radius 2 is 2.28 bits per heavy atom. The van der Waals surface area contributed by atoms with E-state index in [2.05, 4.69) is 10.1 Å². The quantitative estimate of drug-likeness (QED) is 0.527. The highest BCUT2D eigenvalue weighted by atomic mass is 35.5. The highest BCUT2D eigenvalue weighted by Gasteiger charge is 2.20. The first-order valence-electron chi connectivity index (χ1n) is 4.73. The first kappa shape index (κ1) is 12.7. The van der Waals surface area contributed by atoms with Crippen molar-refractivity contribution in [2.45, 2.75) is 5.16 Å². The summed E-state index contributed by atoms with van der Waals surface area (Å²) < 4.78 is 1.33. The monoisotopic (exact) mass is 285 g/mol. The van der Waals surface area contributed by atoms with Gasteiger partial charge < -0.3 is 5.73 Å². The summed E-state index contributed by atoms with van der Waals surface area (Å²) in [5, 5.41) is 15.7. The van der Waals surface area contributed by atoms with E-state index in [9.17, 15) is 10.1 Å². The average Bonchev–Trinajstić information content (AvgIpc) is 2.70. The van der Waals surface area contributed by atoms with Crippen molar-refractivity contribution in [1.29, 1.82) is 0 Å². The van der Waals surface area contributed by atoms with E-state index in [-0.39, 0.29) is 22.3 Å². The summed E-state index contributed by atoms with van der Waals surface area (Å²) in [5.41, 5.74) is 5.62. The van der Waals surface area contributed by atoms with E-state index >= 15 is 0 Å². The second kappa shape index (κ2) is 4.83. The minimum Gasteiger partial charge on any atom is -0.366 e. The lowest BCUT2D eigenvalue weighted by molar-refractivity contribution is -0.384. The zero-order valence-electron chi connectivity index (χ0n) is 9.20. The number of nitrogens with zero attached hydrogens (tertiary/aromatic N) is 4. The summed E-state index contributed by atoms with van der Waals surface area (Å²) in [7, 11) is 0. The van der Waals surface area contributed by atoms with Crippen molar-refractivity contribution in [1.82, 2.24) is 14.8 Å². The third-order valence-electron chi connectivity index (χ3n) is 2.14. The molecule has 1 aromatic carbocycles. The van der Waals surface area contributed by atoms with Crippen LogP contribution in [0.5, 0.6) is 0 Å². The van der Waals surface area contributed by atoms with Crippen LogP contribution >= 0.6 is 23.4 Å². The Morgan fingerprint density at radius 3 is 2.89 bits per heavy atom. The third-order valence-corrected chi connectivity index (χ3v) is 3.00. The van der Waals surface area contributed by atoms with Crippen molar-refractivity contribution in [2.75, 3.05) is 12.0 Å². The molecule has 0 aliphatic heterocycles. The van der Waals surface area contributed by atoms with E-state index in [4.69, 9.17) is 17.3 Å². The molecule has 0 radical (unpaired) electrons. The largest absolute Gasteiger partial charge is 0.366 e. The van der Waals surface area contributed by atoms with E-state index < -0.39 is 4.92 Å². The van der Waals surface area contributed by atoms with Crippen LogP contribution in [0.3, 0.4) is 0 Å². The van der Waals surface area contributed by atoms with Crippen LogP contribution in [0.2, 0.25) is 5.02 Å². The van der Waals surface area contributed by atoms with Crippen LogP contribution in [0, 0.1) is 10.1 Å². The molecule has 2 aromatic rings. The molecule has 0 spiro atoms. The lowest BCUT2D eigenvalue weighted by Gasteiger charge is -2.04. The van der Waals surface area contributed by atoms with Gasteiger partial charge in [0.2, 0.25) is 5.95 Å².